The van der Waals surface area contributed by atoms with Crippen LogP contribution in [0.2, 0.25) is 0 Å². The Hall–Kier alpha value is -2.88. The number of nitrogens with two attached hydrogens (primary N) is 1. The molecule has 0 saturated carbocycles. The molecule has 3 N–H and O–H groups in total. The van der Waals surface area contributed by atoms with Gasteiger partial charge in [-0.3, -0.25) is 0 Å². The van der Waals surface area contributed by atoms with Crippen molar-refractivity contribution in [3.05, 3.63) is 30.3 Å². The van der Waals surface area contributed by atoms with Gasteiger partial charge in [-0.15, -0.1) is 10.2 Å². The second-order valence-corrected chi connectivity index (χ2v) is 6.93. The number of fused-ring (bicyclic) bond motifs is 2. The highest BCUT2D eigenvalue weighted by molar-refractivity contribution is 5.82. The molecule has 2 bridgehead atoms. The predicted molar refractivity (Wildman–Crippen MR) is 95.7 cm³/mol. The Balaban J connectivity index is 1.66. The number of anilines is 2. The zero-order chi connectivity index (χ0) is 19.9. The number of carbonyl (C=O) groups excluding carboxylic acids is 1. The van der Waals surface area contributed by atoms with Crippen molar-refractivity contribution in [3.8, 4) is 17.0 Å². The number of ether oxygens (including phenoxy) is 1. The van der Waals surface area contributed by atoms with Crippen LogP contribution in [0.1, 0.15) is 12.8 Å². The van der Waals surface area contributed by atoms with Crippen LogP contribution in [-0.2, 0) is 4.79 Å². The molecule has 10 heteroatoms. The molecular formula is C18H18F3N5O2. The number of benzene rings is 1. The van der Waals surface area contributed by atoms with Crippen molar-refractivity contribution in [1.29, 1.82) is 0 Å². The molecule has 2 aliphatic heterocycles. The van der Waals surface area contributed by atoms with Gasteiger partial charge in [-0.1, -0.05) is 12.1 Å². The van der Waals surface area contributed by atoms with Crippen molar-refractivity contribution in [2.75, 3.05) is 23.7 Å². The summed E-state index contributed by atoms with van der Waals surface area (Å²) in [5.41, 5.74) is 7.19. The van der Waals surface area contributed by atoms with Gasteiger partial charge in [-0.2, -0.15) is 13.2 Å². The Bertz CT molecular complexity index is 893. The summed E-state index contributed by atoms with van der Waals surface area (Å²) < 4.78 is 42.3. The van der Waals surface area contributed by atoms with E-state index in [9.17, 15) is 18.0 Å². The highest BCUT2D eigenvalue weighted by Crippen LogP contribution is 2.34. The third-order valence-corrected chi connectivity index (χ3v) is 4.96. The van der Waals surface area contributed by atoms with Crippen LogP contribution in [0.5, 0.6) is 5.75 Å². The van der Waals surface area contributed by atoms with E-state index in [4.69, 9.17) is 5.73 Å². The standard InChI is InChI=1S/C18H18F3N5O2/c19-18(20,21)17(27)28-15-4-2-1-3-12(15)13-7-14(16(22)25-24-13)26-8-10-5-6-11(9-26)23-10/h1-4,7,10-11,23H,5-6,8-9H2,(H2,22,25)/t10-,11+. The molecule has 4 rings (SSSR count). The maximum Gasteiger partial charge on any atom is 0.491 e. The Morgan fingerprint density at radius 1 is 1.18 bits per heavy atom. The van der Waals surface area contributed by atoms with Crippen LogP contribution in [0.25, 0.3) is 11.3 Å². The first-order valence-corrected chi connectivity index (χ1v) is 8.84. The first kappa shape index (κ1) is 18.5. The molecule has 28 heavy (non-hydrogen) atoms. The average molecular weight is 393 g/mol. The number of hydrogen-bond acceptors (Lipinski definition) is 7. The monoisotopic (exact) mass is 393 g/mol. The van der Waals surface area contributed by atoms with Crippen LogP contribution < -0.4 is 20.7 Å². The van der Waals surface area contributed by atoms with Crippen LogP contribution >= 0.6 is 0 Å². The molecule has 2 aromatic rings. The minimum Gasteiger partial charge on any atom is -0.419 e. The Kier molecular flexibility index (Phi) is 4.58. The zero-order valence-electron chi connectivity index (χ0n) is 14.7. The lowest BCUT2D eigenvalue weighted by Gasteiger charge is -2.34. The quantitative estimate of drug-likeness (QED) is 0.610. The number of nitrogens with zero attached hydrogens (tertiary/aromatic N) is 3. The fraction of sp³-hybridized carbons (Fsp3) is 0.389. The lowest BCUT2D eigenvalue weighted by atomic mass is 10.1. The van der Waals surface area contributed by atoms with Gasteiger partial charge in [-0.05, 0) is 31.0 Å². The van der Waals surface area contributed by atoms with E-state index in [0.29, 0.717) is 17.8 Å². The van der Waals surface area contributed by atoms with Gasteiger partial charge in [0.05, 0.1) is 11.4 Å². The molecule has 0 aliphatic carbocycles. The fourth-order valence-corrected chi connectivity index (χ4v) is 3.69. The van der Waals surface area contributed by atoms with Crippen molar-refractivity contribution in [1.82, 2.24) is 15.5 Å². The van der Waals surface area contributed by atoms with Crippen LogP contribution in [0.15, 0.2) is 30.3 Å². The van der Waals surface area contributed by atoms with Crippen molar-refractivity contribution in [2.45, 2.75) is 31.1 Å². The maximum absolute atomic E-state index is 12.6. The molecule has 0 spiro atoms. The largest absolute Gasteiger partial charge is 0.491 e. The van der Waals surface area contributed by atoms with Gasteiger partial charge in [-0.25, -0.2) is 4.79 Å². The van der Waals surface area contributed by atoms with E-state index in [1.165, 1.54) is 18.2 Å². The molecule has 1 aromatic carbocycles. The molecule has 2 saturated heterocycles. The summed E-state index contributed by atoms with van der Waals surface area (Å²) in [7, 11) is 0. The highest BCUT2D eigenvalue weighted by Gasteiger charge is 2.41. The third kappa shape index (κ3) is 3.59. The number of nitrogens with one attached hydrogen (secondary N) is 1. The van der Waals surface area contributed by atoms with E-state index in [0.717, 1.165) is 25.9 Å². The topological polar surface area (TPSA) is 93.4 Å². The number of piperazine rings is 1. The maximum atomic E-state index is 12.6. The van der Waals surface area contributed by atoms with Crippen molar-refractivity contribution >= 4 is 17.5 Å². The molecule has 0 unspecified atom stereocenters. The number of alkyl halides is 3. The van der Waals surface area contributed by atoms with Gasteiger partial charge in [0.25, 0.3) is 0 Å². The van der Waals surface area contributed by atoms with Crippen LogP contribution in [0, 0.1) is 0 Å². The number of carbonyl (C=O) groups is 1. The third-order valence-electron chi connectivity index (χ3n) is 4.96. The van der Waals surface area contributed by atoms with Crippen molar-refractivity contribution in [2.24, 2.45) is 0 Å². The number of esters is 1. The van der Waals surface area contributed by atoms with E-state index in [2.05, 4.69) is 25.2 Å². The molecule has 2 aliphatic rings. The summed E-state index contributed by atoms with van der Waals surface area (Å²) in [5.74, 6) is -2.28. The van der Waals surface area contributed by atoms with Gasteiger partial charge in [0.1, 0.15) is 5.75 Å². The second kappa shape index (κ2) is 6.93. The van der Waals surface area contributed by atoms with Gasteiger partial charge in [0, 0.05) is 30.7 Å². The van der Waals surface area contributed by atoms with Gasteiger partial charge >= 0.3 is 12.1 Å². The SMILES string of the molecule is Nc1nnc(-c2ccccc2OC(=O)C(F)(F)F)cc1N1C[C@H]2CC[C@@H](C1)N2. The molecule has 3 heterocycles. The minimum absolute atomic E-state index is 0.229. The zero-order valence-corrected chi connectivity index (χ0v) is 14.7. The van der Waals surface area contributed by atoms with E-state index in [1.807, 2.05) is 0 Å². The van der Waals surface area contributed by atoms with Gasteiger partial charge in [0.2, 0.25) is 0 Å². The highest BCUT2D eigenvalue weighted by atomic mass is 19.4. The summed E-state index contributed by atoms with van der Waals surface area (Å²) in [5, 5.41) is 11.5. The lowest BCUT2D eigenvalue weighted by Crippen LogP contribution is -2.51. The number of hydrogen-bond donors (Lipinski definition) is 2. The first-order valence-electron chi connectivity index (χ1n) is 8.84. The van der Waals surface area contributed by atoms with E-state index < -0.39 is 12.1 Å². The lowest BCUT2D eigenvalue weighted by molar-refractivity contribution is -0.189. The minimum atomic E-state index is -5.09. The summed E-state index contributed by atoms with van der Waals surface area (Å²) in [6.45, 7) is 1.52. The number of halogens is 3. The number of nitrogen functional groups attached to an aromatic ring is 1. The fourth-order valence-electron chi connectivity index (χ4n) is 3.69. The Morgan fingerprint density at radius 3 is 2.54 bits per heavy atom. The summed E-state index contributed by atoms with van der Waals surface area (Å²) in [4.78, 5) is 13.4. The summed E-state index contributed by atoms with van der Waals surface area (Å²) in [6, 6.07) is 8.30. The number of rotatable bonds is 3. The average Bonchev–Trinajstić information content (AvgIpc) is 3.00. The Morgan fingerprint density at radius 2 is 1.86 bits per heavy atom. The predicted octanol–water partition coefficient (Wildman–Crippen LogP) is 2.13. The number of para-hydroxylation sites is 1. The molecule has 2 fully saturated rings. The Labute approximate surface area is 158 Å². The molecule has 0 amide bonds. The summed E-state index contributed by atoms with van der Waals surface area (Å²) >= 11 is 0. The van der Waals surface area contributed by atoms with E-state index in [-0.39, 0.29) is 22.8 Å². The van der Waals surface area contributed by atoms with E-state index >= 15 is 0 Å². The van der Waals surface area contributed by atoms with Crippen molar-refractivity contribution < 1.29 is 22.7 Å². The number of aromatic nitrogens is 2. The first-order chi connectivity index (χ1) is 13.3. The normalized spacial score (nSPS) is 21.6. The van der Waals surface area contributed by atoms with Crippen LogP contribution in [-0.4, -0.2) is 47.5 Å². The summed E-state index contributed by atoms with van der Waals surface area (Å²) in [6.07, 6.45) is -2.92. The molecule has 2 atom stereocenters. The molecular weight excluding hydrogens is 375 g/mol. The molecule has 7 nitrogen and oxygen atoms in total. The second-order valence-electron chi connectivity index (χ2n) is 6.93. The van der Waals surface area contributed by atoms with Gasteiger partial charge < -0.3 is 20.7 Å². The van der Waals surface area contributed by atoms with Crippen LogP contribution in [0.4, 0.5) is 24.7 Å². The molecule has 1 aromatic heterocycles. The van der Waals surface area contributed by atoms with Crippen LogP contribution in [0.3, 0.4) is 0 Å². The van der Waals surface area contributed by atoms with E-state index in [1.54, 1.807) is 12.1 Å². The molecule has 148 valence electrons. The smallest absolute Gasteiger partial charge is 0.419 e. The molecule has 0 radical (unpaired) electrons. The van der Waals surface area contributed by atoms with Gasteiger partial charge in [0.15, 0.2) is 5.82 Å². The van der Waals surface area contributed by atoms with Crippen molar-refractivity contribution in [3.63, 3.8) is 0 Å².